The molecule has 10 heteroatoms. The van der Waals surface area contributed by atoms with Crippen molar-refractivity contribution in [3.63, 3.8) is 0 Å². The molecule has 1 amide bonds. The van der Waals surface area contributed by atoms with Gasteiger partial charge in [0.25, 0.3) is 5.91 Å². The Kier molecular flexibility index (Phi) is 5.82. The molecule has 2 heterocycles. The Morgan fingerprint density at radius 3 is 2.53 bits per heavy atom. The summed E-state index contributed by atoms with van der Waals surface area (Å²) in [5.74, 6) is -0.0951. The Balaban J connectivity index is 1.78. The van der Waals surface area contributed by atoms with Crippen molar-refractivity contribution in [3.05, 3.63) is 41.1 Å². The highest BCUT2D eigenvalue weighted by molar-refractivity contribution is 7.89. The first-order chi connectivity index (χ1) is 14.0. The number of hydrogen-bond acceptors (Lipinski definition) is 6. The van der Waals surface area contributed by atoms with E-state index in [4.69, 9.17) is 4.74 Å². The fraction of sp³-hybridized carbons (Fsp3) is 0.350. The van der Waals surface area contributed by atoms with E-state index >= 15 is 0 Å². The lowest BCUT2D eigenvalue weighted by atomic mass is 10.2. The zero-order valence-corrected chi connectivity index (χ0v) is 18.7. The highest BCUT2D eigenvalue weighted by Gasteiger charge is 2.19. The number of aromatic nitrogens is 3. The van der Waals surface area contributed by atoms with E-state index < -0.39 is 15.9 Å². The van der Waals surface area contributed by atoms with Gasteiger partial charge in [0.2, 0.25) is 15.9 Å². The number of benzene rings is 1. The van der Waals surface area contributed by atoms with Gasteiger partial charge in [-0.05, 0) is 50.1 Å². The first-order valence-electron chi connectivity index (χ1n) is 9.27. The number of nitrogens with one attached hydrogen (secondary N) is 1. The van der Waals surface area contributed by atoms with Crippen molar-refractivity contribution in [1.82, 2.24) is 19.1 Å². The Labute approximate surface area is 175 Å². The average molecular weight is 432 g/mol. The number of ether oxygens (including phenoxy) is 1. The van der Waals surface area contributed by atoms with E-state index in [0.717, 1.165) is 26.5 Å². The monoisotopic (exact) mass is 431 g/mol. The number of aryl methyl sites for hydroxylation is 4. The molecule has 0 spiro atoms. The van der Waals surface area contributed by atoms with Gasteiger partial charge < -0.3 is 10.1 Å². The normalized spacial score (nSPS) is 11.8. The molecule has 2 aromatic heterocycles. The summed E-state index contributed by atoms with van der Waals surface area (Å²) in [5.41, 5.74) is 3.65. The number of carbonyl (C=O) groups excluding carboxylic acids is 1. The minimum atomic E-state index is -3.61. The average Bonchev–Trinajstić information content (AvgIpc) is 2.97. The van der Waals surface area contributed by atoms with Crippen LogP contribution in [0.15, 0.2) is 29.2 Å². The minimum absolute atomic E-state index is 0.0992. The molecule has 1 aromatic carbocycles. The second-order valence-corrected chi connectivity index (χ2v) is 9.46. The van der Waals surface area contributed by atoms with Crippen molar-refractivity contribution < 1.29 is 17.9 Å². The second kappa shape index (κ2) is 8.04. The zero-order valence-electron chi connectivity index (χ0n) is 17.8. The number of hydrogen-bond donors (Lipinski definition) is 1. The highest BCUT2D eigenvalue weighted by atomic mass is 32.2. The molecular weight excluding hydrogens is 406 g/mol. The van der Waals surface area contributed by atoms with E-state index in [-0.39, 0.29) is 11.5 Å². The summed E-state index contributed by atoms with van der Waals surface area (Å²) in [7, 11) is 1.07. The second-order valence-electron chi connectivity index (χ2n) is 7.31. The third-order valence-corrected chi connectivity index (χ3v) is 6.50. The number of anilines is 1. The molecule has 3 aromatic rings. The van der Waals surface area contributed by atoms with E-state index in [1.165, 1.54) is 26.2 Å². The summed E-state index contributed by atoms with van der Waals surface area (Å²) >= 11 is 0. The van der Waals surface area contributed by atoms with Crippen molar-refractivity contribution in [2.75, 3.05) is 26.0 Å². The van der Waals surface area contributed by atoms with Crippen molar-refractivity contribution >= 4 is 32.7 Å². The van der Waals surface area contributed by atoms with E-state index in [9.17, 15) is 13.2 Å². The molecule has 0 atom stereocenters. The zero-order chi connectivity index (χ0) is 22.2. The van der Waals surface area contributed by atoms with Crippen LogP contribution in [0.25, 0.3) is 11.0 Å². The van der Waals surface area contributed by atoms with Crippen LogP contribution in [0.5, 0.6) is 5.88 Å². The Hall–Kier alpha value is -2.98. The molecule has 0 saturated heterocycles. The molecule has 0 saturated carbocycles. The van der Waals surface area contributed by atoms with Gasteiger partial charge in [0.1, 0.15) is 0 Å². The van der Waals surface area contributed by atoms with Gasteiger partial charge in [-0.15, -0.1) is 5.10 Å². The van der Waals surface area contributed by atoms with Crippen LogP contribution >= 0.6 is 0 Å². The lowest BCUT2D eigenvalue weighted by Crippen LogP contribution is -2.23. The molecule has 0 bridgehead atoms. The molecule has 1 N–H and O–H groups in total. The number of rotatable bonds is 6. The van der Waals surface area contributed by atoms with Gasteiger partial charge in [0.05, 0.1) is 10.3 Å². The van der Waals surface area contributed by atoms with Crippen LogP contribution in [0.1, 0.15) is 16.8 Å². The molecule has 0 radical (unpaired) electrons. The van der Waals surface area contributed by atoms with E-state index in [1.807, 2.05) is 19.9 Å². The van der Waals surface area contributed by atoms with Crippen LogP contribution in [0.3, 0.4) is 0 Å². The standard InChI is InChI=1S/C20H25N5O4S/c1-12-7-8-15(30(27,28)24(4)5)10-16(12)22-17(26)11-29-20-18-13(2)9-14(3)21-19(18)25(6)23-20/h7-10H,11H2,1-6H3,(H,22,26). The van der Waals surface area contributed by atoms with Crippen LogP contribution in [-0.4, -0.2) is 54.1 Å². The number of sulfonamides is 1. The van der Waals surface area contributed by atoms with Gasteiger partial charge >= 0.3 is 0 Å². The smallest absolute Gasteiger partial charge is 0.262 e. The molecule has 0 aliphatic rings. The maximum atomic E-state index is 12.5. The van der Waals surface area contributed by atoms with E-state index in [2.05, 4.69) is 15.4 Å². The van der Waals surface area contributed by atoms with Gasteiger partial charge in [0.15, 0.2) is 12.3 Å². The van der Waals surface area contributed by atoms with Crippen molar-refractivity contribution in [2.24, 2.45) is 7.05 Å². The molecule has 0 unspecified atom stereocenters. The Morgan fingerprint density at radius 2 is 1.87 bits per heavy atom. The van der Waals surface area contributed by atoms with Gasteiger partial charge in [-0.2, -0.15) is 0 Å². The maximum absolute atomic E-state index is 12.5. The molecule has 160 valence electrons. The number of amides is 1. The Morgan fingerprint density at radius 1 is 1.17 bits per heavy atom. The molecule has 0 aliphatic heterocycles. The van der Waals surface area contributed by atoms with Crippen molar-refractivity contribution in [3.8, 4) is 5.88 Å². The number of nitrogens with zero attached hydrogens (tertiary/aromatic N) is 4. The van der Waals surface area contributed by atoms with Gasteiger partial charge in [0, 0.05) is 32.5 Å². The highest BCUT2D eigenvalue weighted by Crippen LogP contribution is 2.27. The van der Waals surface area contributed by atoms with E-state index in [1.54, 1.807) is 24.7 Å². The molecule has 9 nitrogen and oxygen atoms in total. The van der Waals surface area contributed by atoms with Gasteiger partial charge in [-0.3, -0.25) is 4.79 Å². The van der Waals surface area contributed by atoms with Gasteiger partial charge in [-0.1, -0.05) is 6.07 Å². The topological polar surface area (TPSA) is 106 Å². The largest absolute Gasteiger partial charge is 0.466 e. The molecular formula is C20H25N5O4S. The fourth-order valence-electron chi connectivity index (χ4n) is 3.08. The summed E-state index contributed by atoms with van der Waals surface area (Å²) < 4.78 is 33.1. The fourth-order valence-corrected chi connectivity index (χ4v) is 4.01. The van der Waals surface area contributed by atoms with Crippen LogP contribution in [-0.2, 0) is 21.9 Å². The molecule has 30 heavy (non-hydrogen) atoms. The van der Waals surface area contributed by atoms with Crippen molar-refractivity contribution in [2.45, 2.75) is 25.7 Å². The summed E-state index contributed by atoms with van der Waals surface area (Å²) in [5, 5.41) is 7.79. The quantitative estimate of drug-likeness (QED) is 0.641. The maximum Gasteiger partial charge on any atom is 0.262 e. The third-order valence-electron chi connectivity index (χ3n) is 4.69. The third kappa shape index (κ3) is 4.14. The van der Waals surface area contributed by atoms with Crippen LogP contribution in [0.4, 0.5) is 5.69 Å². The minimum Gasteiger partial charge on any atom is -0.466 e. The Bertz CT molecular complexity index is 1230. The predicted octanol–water partition coefficient (Wildman–Crippen LogP) is 2.16. The summed E-state index contributed by atoms with van der Waals surface area (Å²) in [4.78, 5) is 17.0. The van der Waals surface area contributed by atoms with Crippen molar-refractivity contribution in [1.29, 1.82) is 0 Å². The first kappa shape index (κ1) is 21.7. The lowest BCUT2D eigenvalue weighted by Gasteiger charge is -2.14. The number of fused-ring (bicyclic) bond motifs is 1. The molecule has 0 fully saturated rings. The van der Waals surface area contributed by atoms with Crippen LogP contribution in [0, 0.1) is 20.8 Å². The SMILES string of the molecule is Cc1cc(C)c2c(OCC(=O)Nc3cc(S(=O)(=O)N(C)C)ccc3C)nn(C)c2n1. The molecule has 3 rings (SSSR count). The van der Waals surface area contributed by atoms with E-state index in [0.29, 0.717) is 17.2 Å². The summed E-state index contributed by atoms with van der Waals surface area (Å²) in [6.07, 6.45) is 0. The number of carbonyl (C=O) groups is 1. The van der Waals surface area contributed by atoms with Crippen LogP contribution in [0.2, 0.25) is 0 Å². The van der Waals surface area contributed by atoms with Crippen LogP contribution < -0.4 is 10.1 Å². The predicted molar refractivity (Wildman–Crippen MR) is 114 cm³/mol. The lowest BCUT2D eigenvalue weighted by molar-refractivity contribution is -0.118. The van der Waals surface area contributed by atoms with Gasteiger partial charge in [-0.25, -0.2) is 22.4 Å². The summed E-state index contributed by atoms with van der Waals surface area (Å²) in [6, 6.07) is 6.53. The number of pyridine rings is 1. The first-order valence-corrected chi connectivity index (χ1v) is 10.7. The molecule has 0 aliphatic carbocycles. The summed E-state index contributed by atoms with van der Waals surface area (Å²) in [6.45, 7) is 5.35.